The third-order valence-corrected chi connectivity index (χ3v) is 6.68. The zero-order valence-corrected chi connectivity index (χ0v) is 16.5. The standard InChI is InChI=1S/C20H29F2N5O2/c21-18(22)27-6-5-23-16(27)1-3-24-17(28)2-4-25-19(29)26-20-10-13-7-14(11-20)9-15(8-13)12-20/h5-6,13-15,18H,1-4,7-12H2,(H,24,28)(H2,25,26,29). The number of hydrogen-bond acceptors (Lipinski definition) is 3. The van der Waals surface area contributed by atoms with Gasteiger partial charge in [0.1, 0.15) is 5.82 Å². The third kappa shape index (κ3) is 4.70. The minimum absolute atomic E-state index is 0.0479. The van der Waals surface area contributed by atoms with E-state index in [1.807, 2.05) is 0 Å². The van der Waals surface area contributed by atoms with Gasteiger partial charge in [-0.15, -0.1) is 0 Å². The molecule has 29 heavy (non-hydrogen) atoms. The summed E-state index contributed by atoms with van der Waals surface area (Å²) in [7, 11) is 0. The average molecular weight is 409 g/mol. The van der Waals surface area contributed by atoms with Crippen LogP contribution < -0.4 is 16.0 Å². The highest BCUT2D eigenvalue weighted by Gasteiger charge is 2.51. The molecule has 1 aromatic heterocycles. The van der Waals surface area contributed by atoms with Gasteiger partial charge in [0.25, 0.3) is 0 Å². The van der Waals surface area contributed by atoms with Crippen LogP contribution in [0.25, 0.3) is 0 Å². The van der Waals surface area contributed by atoms with E-state index in [0.717, 1.165) is 41.6 Å². The summed E-state index contributed by atoms with van der Waals surface area (Å²) in [6, 6.07) is -0.196. The van der Waals surface area contributed by atoms with Crippen LogP contribution in [0.15, 0.2) is 12.4 Å². The maximum absolute atomic E-state index is 12.7. The lowest BCUT2D eigenvalue weighted by molar-refractivity contribution is -0.120. The van der Waals surface area contributed by atoms with E-state index in [1.165, 1.54) is 31.7 Å². The Morgan fingerprint density at radius 3 is 2.38 bits per heavy atom. The molecule has 0 unspecified atom stereocenters. The van der Waals surface area contributed by atoms with Gasteiger partial charge in [-0.25, -0.2) is 9.78 Å². The van der Waals surface area contributed by atoms with E-state index < -0.39 is 6.55 Å². The molecule has 9 heteroatoms. The molecule has 5 rings (SSSR count). The number of urea groups is 1. The molecule has 0 aromatic carbocycles. The number of nitrogens with one attached hydrogen (secondary N) is 3. The van der Waals surface area contributed by atoms with Gasteiger partial charge in [0.15, 0.2) is 0 Å². The molecule has 4 saturated carbocycles. The van der Waals surface area contributed by atoms with Gasteiger partial charge in [0.05, 0.1) is 0 Å². The smallest absolute Gasteiger partial charge is 0.319 e. The highest BCUT2D eigenvalue weighted by atomic mass is 19.3. The second-order valence-corrected chi connectivity index (χ2v) is 8.96. The number of nitrogens with zero attached hydrogens (tertiary/aromatic N) is 2. The first-order chi connectivity index (χ1) is 13.9. The molecule has 3 amide bonds. The van der Waals surface area contributed by atoms with Crippen LogP contribution >= 0.6 is 0 Å². The molecule has 160 valence electrons. The fourth-order valence-electron chi connectivity index (χ4n) is 5.96. The molecule has 0 spiro atoms. The van der Waals surface area contributed by atoms with Gasteiger partial charge < -0.3 is 16.0 Å². The first-order valence-corrected chi connectivity index (χ1v) is 10.5. The minimum atomic E-state index is -2.64. The Morgan fingerprint density at radius 1 is 1.10 bits per heavy atom. The topological polar surface area (TPSA) is 88.1 Å². The molecule has 4 aliphatic carbocycles. The fourth-order valence-corrected chi connectivity index (χ4v) is 5.96. The summed E-state index contributed by atoms with van der Waals surface area (Å²) in [5.41, 5.74) is -0.0479. The summed E-state index contributed by atoms with van der Waals surface area (Å²) >= 11 is 0. The molecular weight excluding hydrogens is 380 g/mol. The van der Waals surface area contributed by atoms with Gasteiger partial charge >= 0.3 is 12.6 Å². The van der Waals surface area contributed by atoms with Crippen LogP contribution in [0.2, 0.25) is 0 Å². The summed E-state index contributed by atoms with van der Waals surface area (Å²) in [6.07, 6.45) is 10.1. The van der Waals surface area contributed by atoms with Crippen LogP contribution in [0.3, 0.4) is 0 Å². The molecule has 4 bridgehead atoms. The van der Waals surface area contributed by atoms with Gasteiger partial charge in [-0.2, -0.15) is 8.78 Å². The summed E-state index contributed by atoms with van der Waals surface area (Å²) in [5, 5.41) is 8.68. The molecule has 0 radical (unpaired) electrons. The highest BCUT2D eigenvalue weighted by Crippen LogP contribution is 2.55. The monoisotopic (exact) mass is 409 g/mol. The van der Waals surface area contributed by atoms with Gasteiger partial charge in [-0.3, -0.25) is 9.36 Å². The maximum Gasteiger partial charge on any atom is 0.319 e. The van der Waals surface area contributed by atoms with E-state index in [0.29, 0.717) is 0 Å². The average Bonchev–Trinajstić information content (AvgIpc) is 3.09. The van der Waals surface area contributed by atoms with Crippen molar-refractivity contribution in [1.82, 2.24) is 25.5 Å². The molecular formula is C20H29F2N5O2. The number of imidazole rings is 1. The second kappa shape index (κ2) is 8.28. The predicted octanol–water partition coefficient (Wildman–Crippen LogP) is 2.59. The number of rotatable bonds is 8. The quantitative estimate of drug-likeness (QED) is 0.617. The van der Waals surface area contributed by atoms with Crippen molar-refractivity contribution >= 4 is 11.9 Å². The first-order valence-electron chi connectivity index (χ1n) is 10.5. The number of hydrogen-bond donors (Lipinski definition) is 3. The Balaban J connectivity index is 1.13. The van der Waals surface area contributed by atoms with Crippen molar-refractivity contribution < 1.29 is 18.4 Å². The number of alkyl halides is 2. The maximum atomic E-state index is 12.7. The summed E-state index contributed by atoms with van der Waals surface area (Å²) in [4.78, 5) is 28.1. The van der Waals surface area contributed by atoms with Crippen LogP contribution in [-0.4, -0.2) is 40.1 Å². The Bertz CT molecular complexity index is 716. The van der Waals surface area contributed by atoms with Gasteiger partial charge in [0, 0.05) is 43.9 Å². The Kier molecular flexibility index (Phi) is 5.74. The van der Waals surface area contributed by atoms with Crippen molar-refractivity contribution in [2.75, 3.05) is 13.1 Å². The van der Waals surface area contributed by atoms with E-state index in [1.54, 1.807) is 0 Å². The van der Waals surface area contributed by atoms with Crippen molar-refractivity contribution in [2.24, 2.45) is 17.8 Å². The molecule has 7 nitrogen and oxygen atoms in total. The summed E-state index contributed by atoms with van der Waals surface area (Å²) in [5.74, 6) is 2.28. The Hall–Kier alpha value is -2.19. The highest BCUT2D eigenvalue weighted by molar-refractivity contribution is 5.78. The number of carbonyl (C=O) groups excluding carboxylic acids is 2. The van der Waals surface area contributed by atoms with Crippen LogP contribution in [0.4, 0.5) is 13.6 Å². The second-order valence-electron chi connectivity index (χ2n) is 8.96. The SMILES string of the molecule is O=C(CCNC(=O)NC12CC3CC(CC(C3)C1)C2)NCCc1nccn1C(F)F. The number of halogens is 2. The van der Waals surface area contributed by atoms with E-state index in [-0.39, 0.29) is 49.2 Å². The van der Waals surface area contributed by atoms with Crippen molar-refractivity contribution in [3.63, 3.8) is 0 Å². The molecule has 4 aliphatic rings. The van der Waals surface area contributed by atoms with Crippen molar-refractivity contribution in [3.8, 4) is 0 Å². The van der Waals surface area contributed by atoms with E-state index in [9.17, 15) is 18.4 Å². The zero-order valence-electron chi connectivity index (χ0n) is 16.5. The van der Waals surface area contributed by atoms with Crippen LogP contribution in [0.5, 0.6) is 0 Å². The van der Waals surface area contributed by atoms with Gasteiger partial charge in [-0.1, -0.05) is 0 Å². The first kappa shape index (κ1) is 20.1. The molecule has 1 aromatic rings. The predicted molar refractivity (Wildman–Crippen MR) is 102 cm³/mol. The summed E-state index contributed by atoms with van der Waals surface area (Å²) < 4.78 is 26.3. The van der Waals surface area contributed by atoms with Crippen molar-refractivity contribution in [1.29, 1.82) is 0 Å². The molecule has 3 N–H and O–H groups in total. The number of amides is 3. The lowest BCUT2D eigenvalue weighted by atomic mass is 9.53. The van der Waals surface area contributed by atoms with Crippen LogP contribution in [-0.2, 0) is 11.2 Å². The fraction of sp³-hybridized carbons (Fsp3) is 0.750. The van der Waals surface area contributed by atoms with Gasteiger partial charge in [-0.05, 0) is 56.3 Å². The lowest BCUT2D eigenvalue weighted by Gasteiger charge is -2.56. The van der Waals surface area contributed by atoms with Crippen LogP contribution in [0.1, 0.15) is 57.3 Å². The number of carbonyl (C=O) groups is 2. The summed E-state index contributed by atoms with van der Waals surface area (Å²) in [6.45, 7) is -2.17. The molecule has 0 atom stereocenters. The van der Waals surface area contributed by atoms with E-state index in [4.69, 9.17) is 0 Å². The lowest BCUT2D eigenvalue weighted by Crippen LogP contribution is -2.61. The molecule has 1 heterocycles. The van der Waals surface area contributed by atoms with E-state index in [2.05, 4.69) is 20.9 Å². The van der Waals surface area contributed by atoms with Crippen LogP contribution in [0, 0.1) is 17.8 Å². The molecule has 0 saturated heterocycles. The Labute approximate surface area is 169 Å². The van der Waals surface area contributed by atoms with Crippen molar-refractivity contribution in [3.05, 3.63) is 18.2 Å². The largest absolute Gasteiger partial charge is 0.356 e. The van der Waals surface area contributed by atoms with Crippen molar-refractivity contribution in [2.45, 2.75) is 63.5 Å². The minimum Gasteiger partial charge on any atom is -0.356 e. The molecule has 0 aliphatic heterocycles. The van der Waals surface area contributed by atoms with Gasteiger partial charge in [0.2, 0.25) is 5.91 Å². The third-order valence-electron chi connectivity index (χ3n) is 6.68. The number of aromatic nitrogens is 2. The van der Waals surface area contributed by atoms with E-state index >= 15 is 0 Å². The molecule has 4 fully saturated rings. The zero-order chi connectivity index (χ0) is 20.4. The Morgan fingerprint density at radius 2 is 1.76 bits per heavy atom. The normalized spacial score (nSPS) is 29.8.